The molecule has 0 N–H and O–H groups in total. The van der Waals surface area contributed by atoms with Gasteiger partial charge in [0, 0.05) is 0 Å². The minimum atomic E-state index is -0.522. The molecule has 2 aromatic rings. The Kier molecular flexibility index (Phi) is 4.75. The van der Waals surface area contributed by atoms with Crippen molar-refractivity contribution in [2.45, 2.75) is 0 Å². The van der Waals surface area contributed by atoms with Crippen LogP contribution in [0.25, 0.3) is 0 Å². The Bertz CT molecular complexity index is 522. The molecule has 0 atom stereocenters. The molecule has 0 amide bonds. The molecule has 0 heterocycles. The van der Waals surface area contributed by atoms with Gasteiger partial charge in [-0.1, -0.05) is 0 Å². The van der Waals surface area contributed by atoms with Gasteiger partial charge in [0.1, 0.15) is 0 Å². The van der Waals surface area contributed by atoms with Crippen molar-refractivity contribution in [3.8, 4) is 19.8 Å². The molecule has 0 fully saturated rings. The predicted octanol–water partition coefficient (Wildman–Crippen LogP) is 2.71. The van der Waals surface area contributed by atoms with Gasteiger partial charge >= 0.3 is 112 Å². The van der Waals surface area contributed by atoms with Crippen molar-refractivity contribution in [1.29, 1.82) is 0 Å². The standard InChI is InChI=1S/C16H10Te/c1-3-7-15(8-4-1)11-13-17-14-12-16-9-5-2-6-10-16/h1-10H. The van der Waals surface area contributed by atoms with Gasteiger partial charge in [-0.25, -0.2) is 0 Å². The molecule has 0 nitrogen and oxygen atoms in total. The molecular weight excluding hydrogens is 320 g/mol. The first kappa shape index (κ1) is 11.8. The monoisotopic (exact) mass is 332 g/mol. The van der Waals surface area contributed by atoms with E-state index < -0.39 is 20.9 Å². The fourth-order valence-electron chi connectivity index (χ4n) is 1.24. The molecule has 0 radical (unpaired) electrons. The van der Waals surface area contributed by atoms with Crippen LogP contribution in [0.2, 0.25) is 0 Å². The first-order valence-electron chi connectivity index (χ1n) is 5.23. The number of hydrogen-bond acceptors (Lipinski definition) is 0. The molecular formula is C16H10Te. The third-order valence-corrected chi connectivity index (χ3v) is 3.21. The van der Waals surface area contributed by atoms with E-state index in [1.807, 2.05) is 60.7 Å². The molecule has 0 aliphatic rings. The van der Waals surface area contributed by atoms with Gasteiger partial charge in [0.15, 0.2) is 0 Å². The van der Waals surface area contributed by atoms with Crippen LogP contribution < -0.4 is 0 Å². The van der Waals surface area contributed by atoms with E-state index in [0.29, 0.717) is 0 Å². The van der Waals surface area contributed by atoms with E-state index in [2.05, 4.69) is 19.8 Å². The van der Waals surface area contributed by atoms with Crippen molar-refractivity contribution < 1.29 is 0 Å². The van der Waals surface area contributed by atoms with E-state index in [-0.39, 0.29) is 0 Å². The molecule has 0 saturated heterocycles. The molecule has 80 valence electrons. The van der Waals surface area contributed by atoms with Crippen LogP contribution in [0.5, 0.6) is 0 Å². The Hall–Kier alpha value is -1.65. The van der Waals surface area contributed by atoms with Gasteiger partial charge in [0.05, 0.1) is 0 Å². The van der Waals surface area contributed by atoms with E-state index in [9.17, 15) is 0 Å². The second-order valence-electron chi connectivity index (χ2n) is 3.29. The zero-order valence-corrected chi connectivity index (χ0v) is 11.5. The van der Waals surface area contributed by atoms with Gasteiger partial charge in [-0.3, -0.25) is 0 Å². The summed E-state index contributed by atoms with van der Waals surface area (Å²) in [6.07, 6.45) is 0. The van der Waals surface area contributed by atoms with Gasteiger partial charge < -0.3 is 0 Å². The van der Waals surface area contributed by atoms with Crippen LogP contribution in [-0.2, 0) is 0 Å². The summed E-state index contributed by atoms with van der Waals surface area (Å²) in [7, 11) is 0. The van der Waals surface area contributed by atoms with Crippen LogP contribution in [0.3, 0.4) is 0 Å². The molecule has 17 heavy (non-hydrogen) atoms. The van der Waals surface area contributed by atoms with E-state index in [1.54, 1.807) is 0 Å². The third-order valence-electron chi connectivity index (χ3n) is 2.04. The van der Waals surface area contributed by atoms with Crippen LogP contribution in [0.15, 0.2) is 60.7 Å². The summed E-state index contributed by atoms with van der Waals surface area (Å²) in [6.45, 7) is 0. The fraction of sp³-hybridized carbons (Fsp3) is 0. The van der Waals surface area contributed by atoms with Crippen molar-refractivity contribution >= 4 is 20.9 Å². The summed E-state index contributed by atoms with van der Waals surface area (Å²) in [5, 5.41) is 0. The zero-order chi connectivity index (χ0) is 11.8. The second kappa shape index (κ2) is 6.83. The van der Waals surface area contributed by atoms with Crippen LogP contribution in [0.1, 0.15) is 11.1 Å². The van der Waals surface area contributed by atoms with Crippen molar-refractivity contribution in [1.82, 2.24) is 0 Å². The summed E-state index contributed by atoms with van der Waals surface area (Å²) in [6, 6.07) is 20.1. The molecule has 0 aromatic heterocycles. The zero-order valence-electron chi connectivity index (χ0n) is 9.18. The average molecular weight is 330 g/mol. The van der Waals surface area contributed by atoms with Crippen LogP contribution in [0, 0.1) is 19.8 Å². The topological polar surface area (TPSA) is 0 Å². The van der Waals surface area contributed by atoms with Crippen molar-refractivity contribution in [2.75, 3.05) is 0 Å². The maximum absolute atomic E-state index is 3.18. The summed E-state index contributed by atoms with van der Waals surface area (Å²) >= 11 is -0.522. The van der Waals surface area contributed by atoms with Crippen molar-refractivity contribution in [3.05, 3.63) is 71.8 Å². The summed E-state index contributed by atoms with van der Waals surface area (Å²) in [5.41, 5.74) is 2.14. The SMILES string of the molecule is C(#Cc1ccccc1)[Te]C#Cc1ccccc1. The first-order chi connectivity index (χ1) is 8.45. The molecule has 0 bridgehead atoms. The molecule has 2 aromatic carbocycles. The molecule has 0 aliphatic carbocycles. The normalized spacial score (nSPS) is 8.47. The Balaban J connectivity index is 1.93. The van der Waals surface area contributed by atoms with Gasteiger partial charge in [0.2, 0.25) is 0 Å². The Morgan fingerprint density at radius 1 is 0.588 bits per heavy atom. The van der Waals surface area contributed by atoms with E-state index in [1.165, 1.54) is 0 Å². The molecule has 0 spiro atoms. The molecule has 2 rings (SSSR count). The summed E-state index contributed by atoms with van der Waals surface area (Å²) < 4.78 is 6.36. The Morgan fingerprint density at radius 2 is 1.00 bits per heavy atom. The van der Waals surface area contributed by atoms with Crippen LogP contribution in [0.4, 0.5) is 0 Å². The van der Waals surface area contributed by atoms with E-state index in [0.717, 1.165) is 11.1 Å². The second-order valence-corrected chi connectivity index (χ2v) is 5.04. The van der Waals surface area contributed by atoms with Gasteiger partial charge in [0.25, 0.3) is 0 Å². The van der Waals surface area contributed by atoms with Gasteiger partial charge in [-0.15, -0.1) is 0 Å². The Morgan fingerprint density at radius 3 is 1.41 bits per heavy atom. The van der Waals surface area contributed by atoms with E-state index >= 15 is 0 Å². The van der Waals surface area contributed by atoms with Gasteiger partial charge in [-0.2, -0.15) is 0 Å². The molecule has 0 saturated carbocycles. The first-order valence-corrected chi connectivity index (χ1v) is 7.56. The number of rotatable bonds is 0. The Labute approximate surface area is 112 Å². The minimum absolute atomic E-state index is 0.522. The molecule has 0 aliphatic heterocycles. The number of benzene rings is 2. The molecule has 1 heteroatoms. The van der Waals surface area contributed by atoms with Crippen molar-refractivity contribution in [2.24, 2.45) is 0 Å². The summed E-state index contributed by atoms with van der Waals surface area (Å²) in [4.78, 5) is 0. The predicted molar refractivity (Wildman–Crippen MR) is 72.4 cm³/mol. The van der Waals surface area contributed by atoms with E-state index in [4.69, 9.17) is 0 Å². The third kappa shape index (κ3) is 4.38. The molecule has 0 unspecified atom stereocenters. The number of hydrogen-bond donors (Lipinski definition) is 0. The summed E-state index contributed by atoms with van der Waals surface area (Å²) in [5.74, 6) is 6.27. The van der Waals surface area contributed by atoms with Gasteiger partial charge in [-0.05, 0) is 0 Å². The van der Waals surface area contributed by atoms with Crippen LogP contribution in [-0.4, -0.2) is 20.9 Å². The van der Waals surface area contributed by atoms with Crippen molar-refractivity contribution in [3.63, 3.8) is 0 Å². The quantitative estimate of drug-likeness (QED) is 0.515. The maximum atomic E-state index is 3.18. The fourth-order valence-corrected chi connectivity index (χ4v) is 2.35. The van der Waals surface area contributed by atoms with Crippen LogP contribution >= 0.6 is 0 Å². The average Bonchev–Trinajstić information content (AvgIpc) is 2.41.